The number of rotatable bonds is 19. The number of carbonyl (C=O) groups is 2. The summed E-state index contributed by atoms with van der Waals surface area (Å²) in [6.07, 6.45) is 4.17. The van der Waals surface area contributed by atoms with E-state index in [4.69, 9.17) is 19.9 Å². The molecule has 1 aliphatic carbocycles. The van der Waals surface area contributed by atoms with Crippen molar-refractivity contribution >= 4 is 35.4 Å². The zero-order valence-corrected chi connectivity index (χ0v) is 33.2. The Morgan fingerprint density at radius 2 is 1.65 bits per heavy atom. The summed E-state index contributed by atoms with van der Waals surface area (Å²) in [7, 11) is 0. The minimum absolute atomic E-state index is 0.0286. The Morgan fingerprint density at radius 1 is 0.980 bits per heavy atom. The van der Waals surface area contributed by atoms with E-state index < -0.39 is 15.9 Å². The van der Waals surface area contributed by atoms with Crippen LogP contribution in [0.2, 0.25) is 0 Å². The van der Waals surface area contributed by atoms with Gasteiger partial charge in [-0.15, -0.1) is 0 Å². The standard InChI is InChI=1S/C39H63FN4O6S/c1-27-30-16-18-39(47,22-33(46)42-23-37(6,7)50-20-19-38(8,9)51-40)17-10-11-31(30)34(44-43-27)28-12-14-29(15-13-28)49-26-36(4,5)25-48-24-35(2,3)21-32(41)45/h12-15,30-31,47H,10-11,16-26H2,1-9H3,(H2,41,45)(H,42,46)/t30?,31?,39-/m1/s1. The van der Waals surface area contributed by atoms with Crippen LogP contribution in [0.4, 0.5) is 3.89 Å². The lowest BCUT2D eigenvalue weighted by molar-refractivity contribution is -0.128. The van der Waals surface area contributed by atoms with Crippen LogP contribution in [0.25, 0.3) is 0 Å². The summed E-state index contributed by atoms with van der Waals surface area (Å²) in [6, 6.07) is 7.98. The molecular weight excluding hydrogens is 672 g/mol. The Balaban J connectivity index is 1.52. The normalized spacial score (nSPS) is 21.9. The summed E-state index contributed by atoms with van der Waals surface area (Å²) in [5.41, 5.74) is 5.99. The predicted octanol–water partition coefficient (Wildman–Crippen LogP) is 7.20. The average Bonchev–Trinajstić information content (AvgIpc) is 3.01. The fourth-order valence-corrected chi connectivity index (χ4v) is 6.82. The maximum absolute atomic E-state index is 13.1. The number of primary amides is 1. The molecule has 1 fully saturated rings. The lowest BCUT2D eigenvalue weighted by Gasteiger charge is -2.38. The molecule has 1 aromatic carbocycles. The highest BCUT2D eigenvalue weighted by molar-refractivity contribution is 7.95. The van der Waals surface area contributed by atoms with Crippen LogP contribution in [0.3, 0.4) is 0 Å². The number of nitrogens with two attached hydrogens (primary N) is 1. The number of amides is 2. The molecule has 1 heterocycles. The van der Waals surface area contributed by atoms with Gasteiger partial charge in [-0.25, -0.2) is 0 Å². The van der Waals surface area contributed by atoms with Crippen LogP contribution in [0.5, 0.6) is 5.75 Å². The van der Waals surface area contributed by atoms with Crippen LogP contribution in [0.1, 0.15) is 119 Å². The molecule has 0 saturated heterocycles. The number of aliphatic hydroxyl groups is 1. The minimum atomic E-state index is -1.10. The van der Waals surface area contributed by atoms with Crippen LogP contribution in [-0.4, -0.2) is 77.3 Å². The second-order valence-electron chi connectivity index (χ2n) is 17.5. The summed E-state index contributed by atoms with van der Waals surface area (Å²) in [5, 5.41) is 23.8. The van der Waals surface area contributed by atoms with Crippen molar-refractivity contribution in [2.75, 3.05) is 33.0 Å². The Morgan fingerprint density at radius 3 is 2.29 bits per heavy atom. The molecule has 10 nitrogen and oxygen atoms in total. The first-order valence-electron chi connectivity index (χ1n) is 18.3. The van der Waals surface area contributed by atoms with E-state index in [0.717, 1.165) is 35.6 Å². The number of halogens is 1. The molecule has 1 aliphatic heterocycles. The van der Waals surface area contributed by atoms with Gasteiger partial charge in [-0.2, -0.15) is 14.1 Å². The first-order valence-corrected chi connectivity index (χ1v) is 19.0. The molecule has 0 spiro atoms. The van der Waals surface area contributed by atoms with E-state index in [9.17, 15) is 18.6 Å². The topological polar surface area (TPSA) is 145 Å². The van der Waals surface area contributed by atoms with Crippen molar-refractivity contribution in [3.8, 4) is 5.75 Å². The molecule has 0 aromatic heterocycles. The third-order valence-corrected chi connectivity index (χ3v) is 10.4. The minimum Gasteiger partial charge on any atom is -0.493 e. The number of nitrogens with one attached hydrogen (secondary N) is 1. The van der Waals surface area contributed by atoms with Crippen molar-refractivity contribution in [3.05, 3.63) is 29.8 Å². The zero-order valence-electron chi connectivity index (χ0n) is 32.4. The molecule has 0 bridgehead atoms. The summed E-state index contributed by atoms with van der Waals surface area (Å²) in [6.45, 7) is 19.6. The fraction of sp³-hybridized carbons (Fsp3) is 0.744. The Labute approximate surface area is 309 Å². The fourth-order valence-electron chi connectivity index (χ4n) is 6.66. The highest BCUT2D eigenvalue weighted by atomic mass is 32.2. The summed E-state index contributed by atoms with van der Waals surface area (Å²) < 4.78 is 30.6. The smallest absolute Gasteiger partial charge is 0.222 e. The molecule has 3 atom stereocenters. The first kappa shape index (κ1) is 42.9. The van der Waals surface area contributed by atoms with Gasteiger partial charge >= 0.3 is 0 Å². The van der Waals surface area contributed by atoms with Gasteiger partial charge in [0.05, 0.1) is 55.3 Å². The molecule has 2 amide bonds. The van der Waals surface area contributed by atoms with E-state index >= 15 is 0 Å². The third kappa shape index (κ3) is 14.4. The lowest BCUT2D eigenvalue weighted by atomic mass is 9.71. The van der Waals surface area contributed by atoms with Crippen molar-refractivity contribution in [2.24, 2.45) is 38.6 Å². The Kier molecular flexibility index (Phi) is 15.1. The maximum atomic E-state index is 13.1. The van der Waals surface area contributed by atoms with Gasteiger partial charge in [-0.3, -0.25) is 9.59 Å². The van der Waals surface area contributed by atoms with Crippen molar-refractivity contribution in [3.63, 3.8) is 0 Å². The van der Waals surface area contributed by atoms with Crippen LogP contribution in [0.15, 0.2) is 34.5 Å². The highest BCUT2D eigenvalue weighted by Gasteiger charge is 2.39. The molecule has 4 N–H and O–H groups in total. The molecule has 1 saturated carbocycles. The second kappa shape index (κ2) is 18.0. The van der Waals surface area contributed by atoms with Crippen molar-refractivity contribution in [1.82, 2.24) is 5.32 Å². The quantitative estimate of drug-likeness (QED) is 0.136. The molecule has 2 aliphatic rings. The van der Waals surface area contributed by atoms with Gasteiger partial charge in [0.25, 0.3) is 0 Å². The van der Waals surface area contributed by atoms with Gasteiger partial charge in [0.15, 0.2) is 0 Å². The van der Waals surface area contributed by atoms with Crippen molar-refractivity contribution < 1.29 is 32.8 Å². The van der Waals surface area contributed by atoms with E-state index in [-0.39, 0.29) is 47.3 Å². The molecule has 2 unspecified atom stereocenters. The molecule has 12 heteroatoms. The van der Waals surface area contributed by atoms with E-state index in [0.29, 0.717) is 70.8 Å². The molecule has 3 rings (SSSR count). The predicted molar refractivity (Wildman–Crippen MR) is 204 cm³/mol. The highest BCUT2D eigenvalue weighted by Crippen LogP contribution is 2.39. The molecule has 0 radical (unpaired) electrons. The SMILES string of the molecule is CC1=NN=C(c2ccc(OCC(C)(C)COCC(C)(C)CC(N)=O)cc2)C2CCC[C@](O)(CC(=O)NCC(C)(C)OCCC(C)(C)SF)CCC12. The van der Waals surface area contributed by atoms with Crippen LogP contribution in [0, 0.1) is 22.7 Å². The summed E-state index contributed by atoms with van der Waals surface area (Å²) in [4.78, 5) is 24.3. The van der Waals surface area contributed by atoms with E-state index in [1.165, 1.54) is 0 Å². The van der Waals surface area contributed by atoms with Gasteiger partial charge in [0.2, 0.25) is 11.8 Å². The van der Waals surface area contributed by atoms with E-state index in [2.05, 4.69) is 29.4 Å². The second-order valence-corrected chi connectivity index (χ2v) is 18.8. The molecule has 288 valence electrons. The Hall–Kier alpha value is -2.54. The van der Waals surface area contributed by atoms with Gasteiger partial charge in [-0.05, 0) is 108 Å². The number of benzene rings is 1. The monoisotopic (exact) mass is 734 g/mol. The van der Waals surface area contributed by atoms with Gasteiger partial charge in [0, 0.05) is 47.3 Å². The third-order valence-electron chi connectivity index (χ3n) is 9.79. The van der Waals surface area contributed by atoms with Gasteiger partial charge < -0.3 is 30.4 Å². The van der Waals surface area contributed by atoms with Crippen LogP contribution < -0.4 is 15.8 Å². The largest absolute Gasteiger partial charge is 0.493 e. The Bertz CT molecular complexity index is 1380. The number of carbonyl (C=O) groups excluding carboxylic acids is 2. The average molecular weight is 735 g/mol. The lowest BCUT2D eigenvalue weighted by Crippen LogP contribution is -2.45. The summed E-state index contributed by atoms with van der Waals surface area (Å²) in [5.74, 6) is 0.507. The number of fused-ring (bicyclic) bond motifs is 1. The van der Waals surface area contributed by atoms with E-state index in [1.54, 1.807) is 0 Å². The summed E-state index contributed by atoms with van der Waals surface area (Å²) >= 11 is 0.322. The molecule has 51 heavy (non-hydrogen) atoms. The van der Waals surface area contributed by atoms with Crippen molar-refractivity contribution in [2.45, 2.75) is 130 Å². The van der Waals surface area contributed by atoms with E-state index in [1.807, 2.05) is 72.7 Å². The number of hydrogen-bond donors (Lipinski definition) is 3. The van der Waals surface area contributed by atoms with Crippen molar-refractivity contribution in [1.29, 1.82) is 0 Å². The molecule has 1 aromatic rings. The zero-order chi connectivity index (χ0) is 38.1. The maximum Gasteiger partial charge on any atom is 0.222 e. The van der Waals surface area contributed by atoms with Gasteiger partial charge in [-0.1, -0.05) is 27.7 Å². The number of hydrogen-bond acceptors (Lipinski definition) is 9. The number of ether oxygens (including phenoxy) is 3. The van der Waals surface area contributed by atoms with Crippen LogP contribution >= 0.6 is 12.1 Å². The first-order chi connectivity index (χ1) is 23.6. The molecular formula is C39H63FN4O6S. The van der Waals surface area contributed by atoms with Crippen LogP contribution in [-0.2, 0) is 19.1 Å². The number of nitrogens with zero attached hydrogens (tertiary/aromatic N) is 2. The van der Waals surface area contributed by atoms with Gasteiger partial charge in [0.1, 0.15) is 5.75 Å².